The van der Waals surface area contributed by atoms with Crippen molar-refractivity contribution in [3.8, 4) is 29.5 Å². The van der Waals surface area contributed by atoms with Gasteiger partial charge in [-0.2, -0.15) is 0 Å². The predicted molar refractivity (Wildman–Crippen MR) is 112 cm³/mol. The largest absolute Gasteiger partial charge is 0.463 e. The number of H-pyrrole nitrogens is 1. The van der Waals surface area contributed by atoms with Gasteiger partial charge in [0.05, 0.1) is 5.69 Å². The summed E-state index contributed by atoms with van der Waals surface area (Å²) in [5.74, 6) is 4.19. The van der Waals surface area contributed by atoms with Crippen LogP contribution in [0.4, 0.5) is 5.69 Å². The van der Waals surface area contributed by atoms with Crippen LogP contribution in [0.15, 0.2) is 54.9 Å². The van der Waals surface area contributed by atoms with Crippen molar-refractivity contribution >= 4 is 17.3 Å². The number of hydrogen-bond donors (Lipinski definition) is 2. The van der Waals surface area contributed by atoms with Gasteiger partial charge in [0.15, 0.2) is 6.29 Å². The first kappa shape index (κ1) is 19.8. The molecular weight excluding hydrogens is 374 g/mol. The Hall–Kier alpha value is -2.94. The standard InChI is InChI=1S/C22H22ClN3O2/c1-4-19(16-6-9-18(23)10-7-16)26-20-14-17(22-24-12-13-25-22)8-11-21(20)28-15(3)27-5-2/h1,6-15,19,26H,5H2,2-3H3,(H,24,25). The molecule has 0 aliphatic heterocycles. The number of imidazole rings is 1. The fourth-order valence-corrected chi connectivity index (χ4v) is 2.92. The first-order valence-electron chi connectivity index (χ1n) is 9.01. The molecule has 3 aromatic rings. The van der Waals surface area contributed by atoms with Gasteiger partial charge in [-0.15, -0.1) is 6.42 Å². The number of aromatic nitrogens is 2. The lowest BCUT2D eigenvalue weighted by molar-refractivity contribution is -0.0609. The summed E-state index contributed by atoms with van der Waals surface area (Å²) in [6, 6.07) is 12.9. The van der Waals surface area contributed by atoms with Gasteiger partial charge in [0.2, 0.25) is 0 Å². The number of terminal acetylenes is 1. The van der Waals surface area contributed by atoms with E-state index in [0.717, 1.165) is 22.6 Å². The van der Waals surface area contributed by atoms with E-state index in [4.69, 9.17) is 27.5 Å². The number of benzene rings is 2. The maximum atomic E-state index is 5.99. The van der Waals surface area contributed by atoms with Gasteiger partial charge in [0, 0.05) is 29.6 Å². The summed E-state index contributed by atoms with van der Waals surface area (Å²) in [6.07, 6.45) is 8.89. The van der Waals surface area contributed by atoms with E-state index in [-0.39, 0.29) is 12.3 Å². The number of rotatable bonds is 8. The van der Waals surface area contributed by atoms with Gasteiger partial charge in [-0.25, -0.2) is 4.98 Å². The molecule has 3 rings (SSSR count). The van der Waals surface area contributed by atoms with Crippen LogP contribution in [-0.2, 0) is 4.74 Å². The van der Waals surface area contributed by atoms with E-state index in [2.05, 4.69) is 21.2 Å². The molecule has 1 heterocycles. The van der Waals surface area contributed by atoms with Gasteiger partial charge >= 0.3 is 0 Å². The fourth-order valence-electron chi connectivity index (χ4n) is 2.80. The van der Waals surface area contributed by atoms with Crippen LogP contribution in [0.5, 0.6) is 5.75 Å². The maximum Gasteiger partial charge on any atom is 0.197 e. The minimum atomic E-state index is -0.389. The lowest BCUT2D eigenvalue weighted by Gasteiger charge is -2.21. The van der Waals surface area contributed by atoms with Crippen LogP contribution >= 0.6 is 11.6 Å². The lowest BCUT2D eigenvalue weighted by atomic mass is 10.1. The summed E-state index contributed by atoms with van der Waals surface area (Å²) in [7, 11) is 0. The molecule has 6 heteroatoms. The third-order valence-corrected chi connectivity index (χ3v) is 4.37. The molecule has 28 heavy (non-hydrogen) atoms. The molecule has 2 unspecified atom stereocenters. The summed E-state index contributed by atoms with van der Waals surface area (Å²) in [4.78, 5) is 7.42. The van der Waals surface area contributed by atoms with Gasteiger partial charge in [0.25, 0.3) is 0 Å². The minimum absolute atomic E-state index is 0.353. The smallest absolute Gasteiger partial charge is 0.197 e. The Kier molecular flexibility index (Phi) is 6.59. The molecule has 0 fully saturated rings. The highest BCUT2D eigenvalue weighted by atomic mass is 35.5. The van der Waals surface area contributed by atoms with Crippen molar-refractivity contribution in [1.29, 1.82) is 0 Å². The highest BCUT2D eigenvalue weighted by molar-refractivity contribution is 6.30. The highest BCUT2D eigenvalue weighted by Gasteiger charge is 2.15. The quantitative estimate of drug-likeness (QED) is 0.402. The van der Waals surface area contributed by atoms with Crippen LogP contribution in [0, 0.1) is 12.3 Å². The molecule has 0 aliphatic rings. The second kappa shape index (κ2) is 9.32. The van der Waals surface area contributed by atoms with Gasteiger partial charge in [-0.3, -0.25) is 0 Å². The Bertz CT molecular complexity index is 933. The van der Waals surface area contributed by atoms with E-state index in [1.54, 1.807) is 12.4 Å². The number of hydrogen-bond acceptors (Lipinski definition) is 4. The van der Waals surface area contributed by atoms with E-state index in [9.17, 15) is 0 Å². The van der Waals surface area contributed by atoms with Crippen molar-refractivity contribution in [3.63, 3.8) is 0 Å². The zero-order chi connectivity index (χ0) is 19.9. The van der Waals surface area contributed by atoms with E-state index < -0.39 is 0 Å². The van der Waals surface area contributed by atoms with Crippen LogP contribution in [0.2, 0.25) is 5.02 Å². The van der Waals surface area contributed by atoms with E-state index in [1.807, 2.05) is 56.3 Å². The third kappa shape index (κ3) is 4.86. The SMILES string of the molecule is C#CC(Nc1cc(-c2ncc[nH]2)ccc1OC(C)OCC)c1ccc(Cl)cc1. The van der Waals surface area contributed by atoms with Crippen LogP contribution in [0.25, 0.3) is 11.4 Å². The first-order valence-corrected chi connectivity index (χ1v) is 9.38. The Labute approximate surface area is 170 Å². The van der Waals surface area contributed by atoms with Crippen LogP contribution < -0.4 is 10.1 Å². The monoisotopic (exact) mass is 395 g/mol. The molecule has 0 bridgehead atoms. The zero-order valence-corrected chi connectivity index (χ0v) is 16.5. The molecule has 0 aliphatic carbocycles. The Morgan fingerprint density at radius 3 is 2.68 bits per heavy atom. The van der Waals surface area contributed by atoms with Crippen molar-refractivity contribution < 1.29 is 9.47 Å². The number of halogens is 1. The number of ether oxygens (including phenoxy) is 2. The average Bonchev–Trinajstić information content (AvgIpc) is 3.23. The van der Waals surface area contributed by atoms with E-state index in [0.29, 0.717) is 17.4 Å². The van der Waals surface area contributed by atoms with Crippen molar-refractivity contribution in [3.05, 3.63) is 65.4 Å². The van der Waals surface area contributed by atoms with Gasteiger partial charge in [-0.1, -0.05) is 29.7 Å². The molecular formula is C22H22ClN3O2. The average molecular weight is 396 g/mol. The number of aromatic amines is 1. The van der Waals surface area contributed by atoms with Crippen molar-refractivity contribution in [2.24, 2.45) is 0 Å². The lowest BCUT2D eigenvalue weighted by Crippen LogP contribution is -2.17. The minimum Gasteiger partial charge on any atom is -0.463 e. The number of nitrogens with one attached hydrogen (secondary N) is 2. The normalized spacial score (nSPS) is 12.8. The molecule has 1 aromatic heterocycles. The van der Waals surface area contributed by atoms with Crippen molar-refractivity contribution in [2.45, 2.75) is 26.2 Å². The highest BCUT2D eigenvalue weighted by Crippen LogP contribution is 2.33. The molecule has 0 saturated heterocycles. The summed E-state index contributed by atoms with van der Waals surface area (Å²) >= 11 is 5.99. The topological polar surface area (TPSA) is 59.2 Å². The second-order valence-corrected chi connectivity index (χ2v) is 6.52. The Morgan fingerprint density at radius 1 is 1.25 bits per heavy atom. The molecule has 0 amide bonds. The molecule has 0 spiro atoms. The summed E-state index contributed by atoms with van der Waals surface area (Å²) < 4.78 is 11.5. The summed E-state index contributed by atoms with van der Waals surface area (Å²) in [5.41, 5.74) is 2.59. The summed E-state index contributed by atoms with van der Waals surface area (Å²) in [6.45, 7) is 4.34. The molecule has 2 aromatic carbocycles. The predicted octanol–water partition coefficient (Wildman–Crippen LogP) is 5.28. The van der Waals surface area contributed by atoms with E-state index >= 15 is 0 Å². The number of nitrogens with zero attached hydrogens (tertiary/aromatic N) is 1. The maximum absolute atomic E-state index is 5.99. The number of anilines is 1. The van der Waals surface area contributed by atoms with Crippen molar-refractivity contribution in [1.82, 2.24) is 9.97 Å². The van der Waals surface area contributed by atoms with Gasteiger partial charge in [-0.05, 0) is 49.7 Å². The van der Waals surface area contributed by atoms with Gasteiger partial charge < -0.3 is 19.8 Å². The molecule has 0 radical (unpaired) electrons. The van der Waals surface area contributed by atoms with Crippen molar-refractivity contribution in [2.75, 3.05) is 11.9 Å². The Morgan fingerprint density at radius 2 is 2.04 bits per heavy atom. The second-order valence-electron chi connectivity index (χ2n) is 6.09. The van der Waals surface area contributed by atoms with Crippen LogP contribution in [-0.4, -0.2) is 22.9 Å². The molecule has 5 nitrogen and oxygen atoms in total. The molecule has 0 saturated carbocycles. The molecule has 2 atom stereocenters. The first-order chi connectivity index (χ1) is 13.6. The molecule has 144 valence electrons. The van der Waals surface area contributed by atoms with Crippen LogP contribution in [0.3, 0.4) is 0 Å². The van der Waals surface area contributed by atoms with Crippen LogP contribution in [0.1, 0.15) is 25.5 Å². The Balaban J connectivity index is 1.93. The third-order valence-electron chi connectivity index (χ3n) is 4.12. The zero-order valence-electron chi connectivity index (χ0n) is 15.8. The molecule has 2 N–H and O–H groups in total. The van der Waals surface area contributed by atoms with E-state index in [1.165, 1.54) is 0 Å². The van der Waals surface area contributed by atoms with Gasteiger partial charge in [0.1, 0.15) is 17.6 Å². The summed E-state index contributed by atoms with van der Waals surface area (Å²) in [5, 5.41) is 4.04. The fraction of sp³-hybridized carbons (Fsp3) is 0.227.